The van der Waals surface area contributed by atoms with Crippen LogP contribution in [0.2, 0.25) is 0 Å². The lowest BCUT2D eigenvalue weighted by Crippen LogP contribution is -2.08. The summed E-state index contributed by atoms with van der Waals surface area (Å²) in [6, 6.07) is 15.6. The van der Waals surface area contributed by atoms with E-state index in [4.69, 9.17) is 4.74 Å². The van der Waals surface area contributed by atoms with Crippen molar-refractivity contribution in [2.75, 3.05) is 0 Å². The van der Waals surface area contributed by atoms with E-state index in [9.17, 15) is 9.59 Å². The van der Waals surface area contributed by atoms with E-state index in [1.807, 2.05) is 12.4 Å². The fourth-order valence-electron chi connectivity index (χ4n) is 1.50. The van der Waals surface area contributed by atoms with Crippen molar-refractivity contribution in [3.63, 3.8) is 0 Å². The molecule has 0 heterocycles. The van der Waals surface area contributed by atoms with Crippen molar-refractivity contribution >= 4 is 12.3 Å². The lowest BCUT2D eigenvalue weighted by molar-refractivity contribution is 0.0734. The first kappa shape index (κ1) is 12.0. The standard InChI is InChI=1S/C15H11O3/c16-11-10-12-6-8-14(9-7-12)18-15(17)13-4-2-1-3-5-13/h1-9H,10H2. The molecule has 0 aliphatic rings. The number of carbonyl (C=O) groups excluding carboxylic acids is 2. The fraction of sp³-hybridized carbons (Fsp3) is 0.0667. The molecular formula is C15H11O3. The number of carbonyl (C=O) groups is 1. The van der Waals surface area contributed by atoms with Crippen molar-refractivity contribution < 1.29 is 14.3 Å². The smallest absolute Gasteiger partial charge is 0.343 e. The van der Waals surface area contributed by atoms with E-state index in [-0.39, 0.29) is 6.42 Å². The van der Waals surface area contributed by atoms with Crippen LogP contribution in [0, 0.1) is 0 Å². The van der Waals surface area contributed by atoms with Gasteiger partial charge in [0.15, 0.2) is 0 Å². The lowest BCUT2D eigenvalue weighted by atomic mass is 10.1. The summed E-state index contributed by atoms with van der Waals surface area (Å²) >= 11 is 0. The average Bonchev–Trinajstić information content (AvgIpc) is 2.42. The molecule has 3 heteroatoms. The highest BCUT2D eigenvalue weighted by atomic mass is 16.5. The number of rotatable bonds is 4. The summed E-state index contributed by atoms with van der Waals surface area (Å²) in [5.41, 5.74) is 1.34. The monoisotopic (exact) mass is 239 g/mol. The predicted octanol–water partition coefficient (Wildman–Crippen LogP) is 2.56. The molecule has 0 amide bonds. The zero-order chi connectivity index (χ0) is 12.8. The Kier molecular flexibility index (Phi) is 3.86. The van der Waals surface area contributed by atoms with Gasteiger partial charge in [0.25, 0.3) is 0 Å². The highest BCUT2D eigenvalue weighted by Crippen LogP contribution is 2.14. The van der Waals surface area contributed by atoms with Crippen LogP contribution in [0.5, 0.6) is 5.75 Å². The number of benzene rings is 2. The van der Waals surface area contributed by atoms with Crippen molar-refractivity contribution in [2.45, 2.75) is 6.42 Å². The molecule has 0 fully saturated rings. The molecule has 1 radical (unpaired) electrons. The molecule has 2 aromatic rings. The highest BCUT2D eigenvalue weighted by molar-refractivity contribution is 5.90. The Morgan fingerprint density at radius 1 is 1.00 bits per heavy atom. The van der Waals surface area contributed by atoms with E-state index in [1.54, 1.807) is 48.5 Å². The molecule has 2 rings (SSSR count). The maximum atomic E-state index is 11.7. The third kappa shape index (κ3) is 3.04. The molecule has 0 unspecified atom stereocenters. The first-order valence-electron chi connectivity index (χ1n) is 5.51. The van der Waals surface area contributed by atoms with E-state index >= 15 is 0 Å². The summed E-state index contributed by atoms with van der Waals surface area (Å²) in [4.78, 5) is 22.0. The van der Waals surface area contributed by atoms with Gasteiger partial charge in [0, 0.05) is 6.42 Å². The van der Waals surface area contributed by atoms with Gasteiger partial charge in [0.1, 0.15) is 5.75 Å². The lowest BCUT2D eigenvalue weighted by Gasteiger charge is -2.04. The normalized spacial score (nSPS) is 9.78. The molecule has 89 valence electrons. The Bertz CT molecular complexity index is 529. The van der Waals surface area contributed by atoms with Crippen molar-refractivity contribution in [3.05, 3.63) is 65.7 Å². The van der Waals surface area contributed by atoms with Crippen LogP contribution in [0.1, 0.15) is 15.9 Å². The van der Waals surface area contributed by atoms with E-state index in [2.05, 4.69) is 0 Å². The quantitative estimate of drug-likeness (QED) is 0.608. The Labute approximate surface area is 105 Å². The molecule has 0 saturated heterocycles. The number of esters is 1. The van der Waals surface area contributed by atoms with Gasteiger partial charge in [0.2, 0.25) is 6.29 Å². The van der Waals surface area contributed by atoms with Crippen molar-refractivity contribution in [1.29, 1.82) is 0 Å². The molecule has 3 nitrogen and oxygen atoms in total. The van der Waals surface area contributed by atoms with Gasteiger partial charge < -0.3 is 4.74 Å². The van der Waals surface area contributed by atoms with Crippen molar-refractivity contribution in [3.8, 4) is 5.75 Å². The third-order valence-corrected chi connectivity index (χ3v) is 2.42. The van der Waals surface area contributed by atoms with Crippen molar-refractivity contribution in [2.24, 2.45) is 0 Å². The van der Waals surface area contributed by atoms with Gasteiger partial charge in [-0.25, -0.2) is 4.79 Å². The maximum Gasteiger partial charge on any atom is 0.343 e. The molecule has 0 atom stereocenters. The van der Waals surface area contributed by atoms with Gasteiger partial charge in [-0.05, 0) is 29.8 Å². The molecule has 0 bridgehead atoms. The molecule has 18 heavy (non-hydrogen) atoms. The molecular weight excluding hydrogens is 228 g/mol. The van der Waals surface area contributed by atoms with E-state index in [1.165, 1.54) is 0 Å². The summed E-state index contributed by atoms with van der Waals surface area (Å²) in [6.45, 7) is 0. The van der Waals surface area contributed by atoms with Gasteiger partial charge in [-0.15, -0.1) is 0 Å². The van der Waals surface area contributed by atoms with Crippen molar-refractivity contribution in [1.82, 2.24) is 0 Å². The summed E-state index contributed by atoms with van der Waals surface area (Å²) in [5, 5.41) is 0. The van der Waals surface area contributed by atoms with Crippen LogP contribution in [0.15, 0.2) is 54.6 Å². The summed E-state index contributed by atoms with van der Waals surface area (Å²) in [5.74, 6) is 0.0591. The minimum atomic E-state index is -0.398. The Balaban J connectivity index is 2.05. The van der Waals surface area contributed by atoms with Crippen LogP contribution in [-0.4, -0.2) is 12.3 Å². The topological polar surface area (TPSA) is 43.4 Å². The first-order chi connectivity index (χ1) is 8.79. The second-order valence-electron chi connectivity index (χ2n) is 3.72. The largest absolute Gasteiger partial charge is 0.423 e. The number of hydrogen-bond donors (Lipinski definition) is 0. The van der Waals surface area contributed by atoms with Crippen LogP contribution in [0.4, 0.5) is 0 Å². The van der Waals surface area contributed by atoms with E-state index in [0.29, 0.717) is 11.3 Å². The second-order valence-corrected chi connectivity index (χ2v) is 3.72. The molecule has 0 aliphatic heterocycles. The second kappa shape index (κ2) is 5.77. The zero-order valence-electron chi connectivity index (χ0n) is 9.63. The zero-order valence-corrected chi connectivity index (χ0v) is 9.63. The Hall–Kier alpha value is -2.42. The molecule has 0 N–H and O–H groups in total. The van der Waals surface area contributed by atoms with Gasteiger partial charge in [-0.3, -0.25) is 4.79 Å². The highest BCUT2D eigenvalue weighted by Gasteiger charge is 2.07. The fourth-order valence-corrected chi connectivity index (χ4v) is 1.50. The summed E-state index contributed by atoms with van der Waals surface area (Å²) in [7, 11) is 0. The third-order valence-electron chi connectivity index (χ3n) is 2.42. The Morgan fingerprint density at radius 3 is 2.28 bits per heavy atom. The van der Waals surface area contributed by atoms with Crippen LogP contribution in [0.3, 0.4) is 0 Å². The van der Waals surface area contributed by atoms with Crippen LogP contribution >= 0.6 is 0 Å². The molecule has 0 aliphatic carbocycles. The van der Waals surface area contributed by atoms with Gasteiger partial charge in [0.05, 0.1) is 5.56 Å². The van der Waals surface area contributed by atoms with Gasteiger partial charge >= 0.3 is 5.97 Å². The van der Waals surface area contributed by atoms with Crippen LogP contribution in [0.25, 0.3) is 0 Å². The molecule has 0 saturated carbocycles. The first-order valence-corrected chi connectivity index (χ1v) is 5.51. The minimum absolute atomic E-state index is 0.243. The predicted molar refractivity (Wildman–Crippen MR) is 67.2 cm³/mol. The summed E-state index contributed by atoms with van der Waals surface area (Å²) < 4.78 is 5.20. The molecule has 0 aromatic heterocycles. The van der Waals surface area contributed by atoms with E-state index < -0.39 is 5.97 Å². The van der Waals surface area contributed by atoms with Crippen LogP contribution < -0.4 is 4.74 Å². The Morgan fingerprint density at radius 2 is 1.67 bits per heavy atom. The average molecular weight is 239 g/mol. The van der Waals surface area contributed by atoms with Crippen LogP contribution in [-0.2, 0) is 11.2 Å². The SMILES string of the molecule is O=[C]Cc1ccc(OC(=O)c2ccccc2)cc1. The number of ether oxygens (including phenoxy) is 1. The van der Waals surface area contributed by atoms with Gasteiger partial charge in [-0.1, -0.05) is 30.3 Å². The summed E-state index contributed by atoms with van der Waals surface area (Å²) in [6.07, 6.45) is 2.06. The van der Waals surface area contributed by atoms with Gasteiger partial charge in [-0.2, -0.15) is 0 Å². The molecule has 0 spiro atoms. The molecule has 2 aromatic carbocycles. The maximum absolute atomic E-state index is 11.7. The number of hydrogen-bond acceptors (Lipinski definition) is 3. The minimum Gasteiger partial charge on any atom is -0.423 e. The van der Waals surface area contributed by atoms with E-state index in [0.717, 1.165) is 5.56 Å².